The maximum absolute atomic E-state index is 13.4. The van der Waals surface area contributed by atoms with Crippen LogP contribution in [0.4, 0.5) is 0 Å². The monoisotopic (exact) mass is 1410 g/mol. The normalized spacial score (nSPS) is 27.3. The van der Waals surface area contributed by atoms with Crippen molar-refractivity contribution in [3.8, 4) is 0 Å². The van der Waals surface area contributed by atoms with Crippen LogP contribution in [0, 0.1) is 0 Å². The third kappa shape index (κ3) is 40.1. The van der Waals surface area contributed by atoms with Crippen molar-refractivity contribution in [2.24, 2.45) is 0 Å². The highest BCUT2D eigenvalue weighted by molar-refractivity contribution is 5.76. The van der Waals surface area contributed by atoms with Gasteiger partial charge in [0.2, 0.25) is 5.91 Å². The van der Waals surface area contributed by atoms with Crippen molar-refractivity contribution < 1.29 is 89.4 Å². The van der Waals surface area contributed by atoms with Gasteiger partial charge in [0, 0.05) is 6.42 Å². The van der Waals surface area contributed by atoms with Gasteiger partial charge in [0.05, 0.1) is 38.6 Å². The van der Waals surface area contributed by atoms with E-state index in [1.54, 1.807) is 6.08 Å². The molecule has 1 amide bonds. The van der Waals surface area contributed by atoms with Gasteiger partial charge in [-0.05, 0) is 116 Å². The first-order valence-electron chi connectivity index (χ1n) is 38.1. The van der Waals surface area contributed by atoms with Crippen molar-refractivity contribution in [3.05, 3.63) is 146 Å². The van der Waals surface area contributed by atoms with Crippen LogP contribution in [0.25, 0.3) is 0 Å². The minimum Gasteiger partial charge on any atom is -0.394 e. The number of nitrogens with one attached hydrogen (secondary N) is 1. The summed E-state index contributed by atoms with van der Waals surface area (Å²) in [6.07, 6.45) is 59.7. The van der Waals surface area contributed by atoms with Gasteiger partial charge in [0.1, 0.15) is 73.2 Å². The molecule has 3 rings (SSSR count). The third-order valence-corrected chi connectivity index (χ3v) is 17.8. The number of amides is 1. The van der Waals surface area contributed by atoms with Crippen LogP contribution in [0.5, 0.6) is 0 Å². The maximum Gasteiger partial charge on any atom is 0.220 e. The van der Waals surface area contributed by atoms with Crippen LogP contribution in [0.3, 0.4) is 0 Å². The number of carbonyl (C=O) groups excluding carboxylic acids is 1. The molecule has 0 saturated carbocycles. The molecule has 3 aliphatic rings. The lowest BCUT2D eigenvalue weighted by atomic mass is 9.96. The first kappa shape index (κ1) is 89.9. The second kappa shape index (κ2) is 60.0. The van der Waals surface area contributed by atoms with Gasteiger partial charge in [0.25, 0.3) is 0 Å². The second-order valence-electron chi connectivity index (χ2n) is 26.4. The van der Waals surface area contributed by atoms with Crippen molar-refractivity contribution in [3.63, 3.8) is 0 Å². The van der Waals surface area contributed by atoms with E-state index in [2.05, 4.69) is 153 Å². The number of aliphatic hydroxyl groups excluding tert-OH is 11. The molecule has 12 N–H and O–H groups in total. The van der Waals surface area contributed by atoms with E-state index < -0.39 is 124 Å². The van der Waals surface area contributed by atoms with E-state index in [1.807, 2.05) is 6.08 Å². The van der Waals surface area contributed by atoms with E-state index in [9.17, 15) is 61.0 Å². The Balaban J connectivity index is 1.35. The highest BCUT2D eigenvalue weighted by atomic mass is 16.8. The van der Waals surface area contributed by atoms with Gasteiger partial charge in [0.15, 0.2) is 18.9 Å². The molecule has 19 heteroatoms. The van der Waals surface area contributed by atoms with Crippen LogP contribution in [0.1, 0.15) is 226 Å². The number of carbonyl (C=O) groups is 1. The van der Waals surface area contributed by atoms with E-state index in [0.717, 1.165) is 116 Å². The fraction of sp³-hybridized carbons (Fsp3) is 0.691. The quantitative estimate of drug-likeness (QED) is 0.0199. The minimum absolute atomic E-state index is 0.219. The average molecular weight is 1410 g/mol. The molecule has 0 aromatic heterocycles. The summed E-state index contributed by atoms with van der Waals surface area (Å²) in [5.74, 6) is -0.299. The van der Waals surface area contributed by atoms with Crippen LogP contribution < -0.4 is 5.32 Å². The van der Waals surface area contributed by atoms with Gasteiger partial charge in [-0.2, -0.15) is 0 Å². The van der Waals surface area contributed by atoms with Crippen molar-refractivity contribution in [2.45, 2.75) is 330 Å². The molecule has 0 aromatic carbocycles. The Morgan fingerprint density at radius 3 is 1.12 bits per heavy atom. The highest BCUT2D eigenvalue weighted by Crippen LogP contribution is 2.33. The molecule has 0 spiro atoms. The van der Waals surface area contributed by atoms with E-state index in [-0.39, 0.29) is 18.9 Å². The summed E-state index contributed by atoms with van der Waals surface area (Å²) in [7, 11) is 0. The molecule has 17 unspecified atom stereocenters. The summed E-state index contributed by atoms with van der Waals surface area (Å²) in [4.78, 5) is 13.4. The smallest absolute Gasteiger partial charge is 0.220 e. The summed E-state index contributed by atoms with van der Waals surface area (Å²) in [6.45, 7) is 1.56. The predicted molar refractivity (Wildman–Crippen MR) is 396 cm³/mol. The molecular formula is C81H133NO18. The van der Waals surface area contributed by atoms with Crippen LogP contribution in [0.2, 0.25) is 0 Å². The van der Waals surface area contributed by atoms with Gasteiger partial charge in [-0.15, -0.1) is 0 Å². The third-order valence-electron chi connectivity index (χ3n) is 17.8. The van der Waals surface area contributed by atoms with E-state index in [1.165, 1.54) is 77.0 Å². The van der Waals surface area contributed by atoms with Gasteiger partial charge in [-0.3, -0.25) is 4.79 Å². The standard InChI is InChI=1S/C81H133NO18/c1-3-5-7-9-11-13-15-17-19-21-22-23-24-25-26-27-28-29-30-31-32-33-34-35-36-37-38-39-40-41-42-43-45-47-49-51-53-55-57-59-69(87)82-64(65(86)58-56-54-52-50-48-46-44-20-18-16-14-12-10-8-6-4-2)63-95-79-75(93)72(90)77(67(61-84)97-79)100-81-76(94)73(91)78(68(62-85)98-81)99-80-74(92)71(89)70(88)66(60-83)96-80/h5,7,11,13,17-20,22-23,25-26,28-29,31-32,34-35,37-38,48,50,56,58,64-68,70-81,83-86,88-94H,3-4,6,8-10,12,14-16,21,24,27,30,33,36,39-47,49,51-55,57,59-63H2,1-2H3,(H,82,87)/b7-5-,13-11-,19-17-,20-18+,23-22-,26-25-,29-28-,32-31-,35-34-,38-37-,50-48+,58-56+. The van der Waals surface area contributed by atoms with Crippen LogP contribution in [-0.4, -0.2) is 193 Å². The van der Waals surface area contributed by atoms with Crippen molar-refractivity contribution in [1.82, 2.24) is 5.32 Å². The molecule has 570 valence electrons. The Labute approximate surface area is 600 Å². The topological polar surface area (TPSA) is 307 Å². The first-order valence-corrected chi connectivity index (χ1v) is 38.1. The van der Waals surface area contributed by atoms with E-state index >= 15 is 0 Å². The first-order chi connectivity index (χ1) is 48.8. The summed E-state index contributed by atoms with van der Waals surface area (Å²) in [6, 6.07) is -1.01. The summed E-state index contributed by atoms with van der Waals surface area (Å²) in [5, 5.41) is 121. The molecule has 3 heterocycles. The number of hydrogen-bond acceptors (Lipinski definition) is 18. The molecule has 3 fully saturated rings. The second-order valence-corrected chi connectivity index (χ2v) is 26.4. The zero-order valence-electron chi connectivity index (χ0n) is 60.6. The fourth-order valence-electron chi connectivity index (χ4n) is 11.7. The minimum atomic E-state index is -1.99. The molecular weight excluding hydrogens is 1270 g/mol. The number of ether oxygens (including phenoxy) is 6. The Hall–Kier alpha value is -4.33. The molecule has 19 nitrogen and oxygen atoms in total. The fourth-order valence-corrected chi connectivity index (χ4v) is 11.7. The Morgan fingerprint density at radius 2 is 0.700 bits per heavy atom. The Morgan fingerprint density at radius 1 is 0.370 bits per heavy atom. The number of aliphatic hydroxyl groups is 11. The predicted octanol–water partition coefficient (Wildman–Crippen LogP) is 11.9. The van der Waals surface area contributed by atoms with Crippen molar-refractivity contribution in [1.29, 1.82) is 0 Å². The molecule has 100 heavy (non-hydrogen) atoms. The molecule has 0 aromatic rings. The molecule has 17 atom stereocenters. The Bertz CT molecular complexity index is 2380. The van der Waals surface area contributed by atoms with Crippen LogP contribution in [0.15, 0.2) is 146 Å². The molecule has 0 bridgehead atoms. The lowest BCUT2D eigenvalue weighted by molar-refractivity contribution is -0.379. The number of rotatable bonds is 57. The summed E-state index contributed by atoms with van der Waals surface area (Å²) in [5.41, 5.74) is 0. The van der Waals surface area contributed by atoms with Gasteiger partial charge in [-0.1, -0.05) is 250 Å². The SMILES string of the molecule is CC/C=C\C/C=C\C/C=C\C/C=C\C/C=C\C/C=C\C/C=C\C/C=C\C/C=C\CCCCCCCCCCCCCC(=O)NC(COC1OC(CO)C(OC2OC(CO)C(OC3OC(CO)C(O)C(O)C3O)C(O)C2O)C(O)C1O)C(O)/C=C/CC/C=C/CC/C=C/CCCCCCCC. The largest absolute Gasteiger partial charge is 0.394 e. The van der Waals surface area contributed by atoms with E-state index in [0.29, 0.717) is 12.8 Å². The molecule has 0 aliphatic carbocycles. The average Bonchev–Trinajstić information content (AvgIpc) is 0.784. The highest BCUT2D eigenvalue weighted by Gasteiger charge is 2.53. The van der Waals surface area contributed by atoms with Crippen molar-refractivity contribution in [2.75, 3.05) is 26.4 Å². The zero-order chi connectivity index (χ0) is 72.5. The lowest BCUT2D eigenvalue weighted by Gasteiger charge is -2.48. The Kier molecular flexibility index (Phi) is 53.9. The number of unbranched alkanes of at least 4 members (excludes halogenated alkanes) is 19. The van der Waals surface area contributed by atoms with Gasteiger partial charge in [-0.25, -0.2) is 0 Å². The zero-order valence-corrected chi connectivity index (χ0v) is 60.6. The van der Waals surface area contributed by atoms with Gasteiger partial charge >= 0.3 is 0 Å². The maximum atomic E-state index is 13.4. The number of hydrogen-bond donors (Lipinski definition) is 12. The summed E-state index contributed by atoms with van der Waals surface area (Å²) < 4.78 is 34.3. The number of allylic oxidation sites excluding steroid dienone is 23. The van der Waals surface area contributed by atoms with E-state index in [4.69, 9.17) is 28.4 Å². The molecule has 3 saturated heterocycles. The lowest BCUT2D eigenvalue weighted by Crippen LogP contribution is -2.66. The van der Waals surface area contributed by atoms with Gasteiger partial charge < -0.3 is 89.9 Å². The van der Waals surface area contributed by atoms with Crippen molar-refractivity contribution >= 4 is 5.91 Å². The summed E-state index contributed by atoms with van der Waals surface area (Å²) >= 11 is 0. The molecule has 3 aliphatic heterocycles. The van der Waals surface area contributed by atoms with Crippen LogP contribution in [-0.2, 0) is 33.2 Å². The van der Waals surface area contributed by atoms with Crippen LogP contribution >= 0.6 is 0 Å². The molecule has 0 radical (unpaired) electrons.